The zero-order valence-corrected chi connectivity index (χ0v) is 13.6. The second-order valence-corrected chi connectivity index (χ2v) is 6.37. The number of aromatic hydroxyl groups is 1. The third-order valence-corrected chi connectivity index (χ3v) is 4.97. The van der Waals surface area contributed by atoms with Gasteiger partial charge in [-0.2, -0.15) is 0 Å². The lowest BCUT2D eigenvalue weighted by Crippen LogP contribution is -2.21. The van der Waals surface area contributed by atoms with E-state index in [0.29, 0.717) is 5.56 Å². The van der Waals surface area contributed by atoms with Crippen LogP contribution in [-0.4, -0.2) is 21.4 Å². The molecule has 3 rings (SSSR count). The van der Waals surface area contributed by atoms with E-state index >= 15 is 0 Å². The van der Waals surface area contributed by atoms with Gasteiger partial charge in [0.2, 0.25) is 0 Å². The Labute approximate surface area is 136 Å². The fraction of sp³-hybridized carbons (Fsp3) is 0.176. The van der Waals surface area contributed by atoms with E-state index in [1.54, 1.807) is 18.2 Å². The van der Waals surface area contributed by atoms with Crippen LogP contribution in [0.1, 0.15) is 28.4 Å². The predicted molar refractivity (Wildman–Crippen MR) is 90.0 cm³/mol. The molecule has 3 N–H and O–H groups in total. The van der Waals surface area contributed by atoms with Crippen molar-refractivity contribution < 1.29 is 15.3 Å². The van der Waals surface area contributed by atoms with Crippen LogP contribution in [0.3, 0.4) is 0 Å². The molecule has 1 aliphatic rings. The molecule has 0 spiro atoms. The third-order valence-electron chi connectivity index (χ3n) is 3.85. The molecule has 0 saturated heterocycles. The van der Waals surface area contributed by atoms with Crippen molar-refractivity contribution in [2.24, 2.45) is 0 Å². The maximum atomic E-state index is 10.1. The summed E-state index contributed by atoms with van der Waals surface area (Å²) < 4.78 is 0.960. The lowest BCUT2D eigenvalue weighted by Gasteiger charge is -2.27. The van der Waals surface area contributed by atoms with Crippen molar-refractivity contribution in [2.45, 2.75) is 19.1 Å². The average Bonchev–Trinajstić information content (AvgIpc) is 2.47. The predicted octanol–water partition coefficient (Wildman–Crippen LogP) is 3.14. The Bertz CT molecular complexity index is 737. The zero-order valence-electron chi connectivity index (χ0n) is 11.4. The molecule has 21 heavy (non-hydrogen) atoms. The molecule has 0 aliphatic heterocycles. The van der Waals surface area contributed by atoms with E-state index in [9.17, 15) is 15.3 Å². The number of phenols is 1. The van der Waals surface area contributed by atoms with E-state index in [0.717, 1.165) is 25.8 Å². The van der Waals surface area contributed by atoms with Crippen molar-refractivity contribution in [1.82, 2.24) is 0 Å². The molecule has 108 valence electrons. The van der Waals surface area contributed by atoms with Crippen LogP contribution < -0.4 is 0 Å². The summed E-state index contributed by atoms with van der Waals surface area (Å²) in [5.41, 5.74) is 4.35. The van der Waals surface area contributed by atoms with Crippen LogP contribution in [-0.2, 0) is 0 Å². The lowest BCUT2D eigenvalue weighted by molar-refractivity contribution is 0.0466. The Morgan fingerprint density at radius 1 is 1.05 bits per heavy atom. The van der Waals surface area contributed by atoms with Crippen LogP contribution in [0.15, 0.2) is 42.5 Å². The van der Waals surface area contributed by atoms with Crippen molar-refractivity contribution in [3.63, 3.8) is 0 Å². The van der Waals surface area contributed by atoms with Crippen molar-refractivity contribution in [3.05, 3.63) is 68.3 Å². The highest BCUT2D eigenvalue weighted by Gasteiger charge is 2.27. The van der Waals surface area contributed by atoms with Gasteiger partial charge < -0.3 is 15.3 Å². The second-order valence-electron chi connectivity index (χ2n) is 5.20. The van der Waals surface area contributed by atoms with Crippen LogP contribution in [0.25, 0.3) is 5.57 Å². The Hall–Kier alpha value is -1.37. The minimum absolute atomic E-state index is 0.194. The fourth-order valence-corrected chi connectivity index (χ4v) is 3.32. The molecule has 1 aliphatic carbocycles. The lowest BCUT2D eigenvalue weighted by atomic mass is 9.83. The molecule has 0 radical (unpaired) electrons. The van der Waals surface area contributed by atoms with Gasteiger partial charge >= 0.3 is 0 Å². The molecular weight excluding hydrogens is 379 g/mol. The molecule has 0 aromatic heterocycles. The van der Waals surface area contributed by atoms with Gasteiger partial charge in [-0.1, -0.05) is 24.3 Å². The largest absolute Gasteiger partial charge is 0.508 e. The number of phenolic OH excluding ortho intramolecular Hbond substituents is 1. The molecule has 0 unspecified atom stereocenters. The standard InChI is InChI=1S/C17H15IO3/c1-9-13(6-10(19)7-15(9)18)14-8-16(20)17(21)12-5-3-2-4-11(12)14/h2-8,16-17,19-21H,1H3/t16-,17+/m0/s1. The molecule has 2 aromatic rings. The molecule has 0 fully saturated rings. The summed E-state index contributed by atoms with van der Waals surface area (Å²) >= 11 is 2.18. The second kappa shape index (κ2) is 5.44. The van der Waals surface area contributed by atoms with Crippen LogP contribution in [0.4, 0.5) is 0 Å². The van der Waals surface area contributed by atoms with E-state index in [4.69, 9.17) is 0 Å². The summed E-state index contributed by atoms with van der Waals surface area (Å²) in [5.74, 6) is 0.194. The van der Waals surface area contributed by atoms with Gasteiger partial charge in [-0.15, -0.1) is 0 Å². The highest BCUT2D eigenvalue weighted by molar-refractivity contribution is 14.1. The van der Waals surface area contributed by atoms with Gasteiger partial charge in [-0.3, -0.25) is 0 Å². The molecule has 0 saturated carbocycles. The Morgan fingerprint density at radius 2 is 1.76 bits per heavy atom. The molecule has 2 aromatic carbocycles. The van der Waals surface area contributed by atoms with Crippen LogP contribution in [0.2, 0.25) is 0 Å². The normalized spacial score (nSPS) is 20.9. The summed E-state index contributed by atoms with van der Waals surface area (Å²) in [6.07, 6.45) is -0.207. The first-order chi connectivity index (χ1) is 9.99. The Balaban J connectivity index is 2.26. The van der Waals surface area contributed by atoms with Crippen molar-refractivity contribution >= 4 is 28.2 Å². The number of halogens is 1. The summed E-state index contributed by atoms with van der Waals surface area (Å²) in [4.78, 5) is 0. The Morgan fingerprint density at radius 3 is 2.52 bits per heavy atom. The Kier molecular flexibility index (Phi) is 3.77. The summed E-state index contributed by atoms with van der Waals surface area (Å²) in [6, 6.07) is 10.9. The first kappa shape index (κ1) is 14.6. The molecule has 2 atom stereocenters. The summed E-state index contributed by atoms with van der Waals surface area (Å²) in [7, 11) is 0. The van der Waals surface area contributed by atoms with Crippen molar-refractivity contribution in [3.8, 4) is 5.75 Å². The summed E-state index contributed by atoms with van der Waals surface area (Å²) in [6.45, 7) is 1.98. The molecule has 3 nitrogen and oxygen atoms in total. The average molecular weight is 394 g/mol. The van der Waals surface area contributed by atoms with Crippen molar-refractivity contribution in [1.29, 1.82) is 0 Å². The highest BCUT2D eigenvalue weighted by Crippen LogP contribution is 2.39. The molecule has 0 bridgehead atoms. The van der Waals surface area contributed by atoms with E-state index in [2.05, 4.69) is 22.6 Å². The zero-order chi connectivity index (χ0) is 15.1. The van der Waals surface area contributed by atoms with E-state index in [1.165, 1.54) is 0 Å². The SMILES string of the molecule is Cc1c(I)cc(O)cc1C1=C[C@H](O)[C@H](O)c2ccccc21. The topological polar surface area (TPSA) is 60.7 Å². The highest BCUT2D eigenvalue weighted by atomic mass is 127. The summed E-state index contributed by atoms with van der Waals surface area (Å²) in [5, 5.41) is 30.1. The fourth-order valence-electron chi connectivity index (χ4n) is 2.72. The maximum Gasteiger partial charge on any atom is 0.117 e. The first-order valence-corrected chi connectivity index (χ1v) is 7.73. The molecule has 0 heterocycles. The van der Waals surface area contributed by atoms with Gasteiger partial charge in [0.1, 0.15) is 18.0 Å². The number of rotatable bonds is 1. The minimum Gasteiger partial charge on any atom is -0.508 e. The number of fused-ring (bicyclic) bond motifs is 1. The molecular formula is C17H15IO3. The smallest absolute Gasteiger partial charge is 0.117 e. The van der Waals surface area contributed by atoms with E-state index in [1.807, 2.05) is 31.2 Å². The van der Waals surface area contributed by atoms with Crippen LogP contribution >= 0.6 is 22.6 Å². The van der Waals surface area contributed by atoms with Crippen LogP contribution in [0, 0.1) is 10.5 Å². The quantitative estimate of drug-likeness (QED) is 0.652. The molecule has 0 amide bonds. The third kappa shape index (κ3) is 2.47. The first-order valence-electron chi connectivity index (χ1n) is 6.66. The molecule has 4 heteroatoms. The number of hydrogen-bond donors (Lipinski definition) is 3. The maximum absolute atomic E-state index is 10.1. The van der Waals surface area contributed by atoms with Gasteiger partial charge in [0.05, 0.1) is 0 Å². The number of aliphatic hydroxyl groups excluding tert-OH is 2. The number of aliphatic hydroxyl groups is 2. The number of benzene rings is 2. The van der Waals surface area contributed by atoms with Crippen molar-refractivity contribution in [2.75, 3.05) is 0 Å². The van der Waals surface area contributed by atoms with Gasteiger partial charge in [0.25, 0.3) is 0 Å². The van der Waals surface area contributed by atoms with Gasteiger partial charge in [-0.05, 0) is 75.6 Å². The van der Waals surface area contributed by atoms with Gasteiger partial charge in [0, 0.05) is 3.57 Å². The van der Waals surface area contributed by atoms with Gasteiger partial charge in [0.15, 0.2) is 0 Å². The monoisotopic (exact) mass is 394 g/mol. The van der Waals surface area contributed by atoms with E-state index < -0.39 is 12.2 Å². The number of hydrogen-bond acceptors (Lipinski definition) is 3. The minimum atomic E-state index is -0.950. The van der Waals surface area contributed by atoms with E-state index in [-0.39, 0.29) is 5.75 Å². The van der Waals surface area contributed by atoms with Crippen LogP contribution in [0.5, 0.6) is 5.75 Å². The van der Waals surface area contributed by atoms with Gasteiger partial charge in [-0.25, -0.2) is 0 Å².